The molecule has 0 aliphatic carbocycles. The minimum absolute atomic E-state index is 0.575. The van der Waals surface area contributed by atoms with E-state index in [0.717, 1.165) is 56.2 Å². The highest BCUT2D eigenvalue weighted by Crippen LogP contribution is 2.29. The van der Waals surface area contributed by atoms with E-state index in [4.69, 9.17) is 21.4 Å². The smallest absolute Gasteiger partial charge is 0.316 e. The number of hydrogen-bond donors (Lipinski definition) is 4. The summed E-state index contributed by atoms with van der Waals surface area (Å²) in [5, 5.41) is 5.47. The topological polar surface area (TPSA) is 146 Å². The summed E-state index contributed by atoms with van der Waals surface area (Å²) in [4.78, 5) is 33.4. The van der Waals surface area contributed by atoms with Crippen LogP contribution in [0.5, 0.6) is 0 Å². The van der Waals surface area contributed by atoms with Gasteiger partial charge in [0.25, 0.3) is 0 Å². The van der Waals surface area contributed by atoms with Crippen LogP contribution in [0.15, 0.2) is 97.1 Å². The molecule has 0 saturated heterocycles. The lowest BCUT2D eigenvalue weighted by molar-refractivity contribution is 0.258. The molecule has 2 aliphatic rings. The van der Waals surface area contributed by atoms with Gasteiger partial charge in [0, 0.05) is 22.1 Å². The Morgan fingerprint density at radius 1 is 0.500 bits per heavy atom. The molecule has 5 heterocycles. The molecule has 0 saturated carbocycles. The Labute approximate surface area is 251 Å². The molecule has 0 atom stereocenters. The van der Waals surface area contributed by atoms with Gasteiger partial charge in [-0.25, -0.2) is 19.6 Å². The van der Waals surface area contributed by atoms with Gasteiger partial charge in [-0.05, 0) is 97.1 Å². The highest BCUT2D eigenvalue weighted by Gasteiger charge is 2.13. The summed E-state index contributed by atoms with van der Waals surface area (Å²) in [5.41, 5.74) is 20.0. The van der Waals surface area contributed by atoms with Gasteiger partial charge in [-0.2, -0.15) is 0 Å². The third-order valence-corrected chi connectivity index (χ3v) is 7.24. The lowest BCUT2D eigenvalue weighted by atomic mass is 10.2. The van der Waals surface area contributed by atoms with Crippen LogP contribution in [0.3, 0.4) is 0 Å². The van der Waals surface area contributed by atoms with Gasteiger partial charge in [0.2, 0.25) is 0 Å². The number of carbonyl (C=O) groups is 2. The first-order valence-corrected chi connectivity index (χ1v) is 13.8. The summed E-state index contributed by atoms with van der Waals surface area (Å²) < 4.78 is 4.07. The number of aromatic nitrogens is 4. The number of fused-ring (bicyclic) bond motifs is 8. The monoisotopic (exact) mass is 578 g/mol. The summed E-state index contributed by atoms with van der Waals surface area (Å²) in [6, 6.07) is 29.6. The zero-order valence-corrected chi connectivity index (χ0v) is 23.3. The first-order valence-electron chi connectivity index (χ1n) is 13.8. The molecule has 10 heteroatoms. The van der Waals surface area contributed by atoms with Crippen LogP contribution in [-0.2, 0) is 0 Å². The number of carbonyl (C=O) groups excluding carboxylic acids is 2. The van der Waals surface area contributed by atoms with Gasteiger partial charge in [0.05, 0.1) is 45.5 Å². The molecule has 7 rings (SSSR count). The predicted molar refractivity (Wildman–Crippen MR) is 175 cm³/mol. The van der Waals surface area contributed by atoms with Crippen LogP contribution in [0, 0.1) is 0 Å². The second-order valence-electron chi connectivity index (χ2n) is 10.2. The van der Waals surface area contributed by atoms with E-state index in [1.54, 1.807) is 12.1 Å². The zero-order chi connectivity index (χ0) is 30.2. The first kappa shape index (κ1) is 26.5. The minimum Gasteiger partial charge on any atom is -0.351 e. The molecule has 2 aliphatic heterocycles. The average molecular weight is 579 g/mol. The number of benzene rings is 2. The predicted octanol–water partition coefficient (Wildman–Crippen LogP) is 6.56. The van der Waals surface area contributed by atoms with Crippen molar-refractivity contribution < 1.29 is 9.59 Å². The summed E-state index contributed by atoms with van der Waals surface area (Å²) in [6.45, 7) is 0. The Bertz CT molecular complexity index is 1960. The maximum Gasteiger partial charge on any atom is 0.316 e. The van der Waals surface area contributed by atoms with E-state index in [1.807, 2.05) is 118 Å². The van der Waals surface area contributed by atoms with Gasteiger partial charge in [0.1, 0.15) is 0 Å². The normalized spacial score (nSPS) is 11.8. The minimum atomic E-state index is -0.647. The number of hydrogen-bond acceptors (Lipinski definition) is 4. The van der Waals surface area contributed by atoms with Gasteiger partial charge in [-0.3, -0.25) is 0 Å². The third kappa shape index (κ3) is 5.07. The number of nitrogens with zero attached hydrogens (tertiary/aromatic N) is 4. The van der Waals surface area contributed by atoms with E-state index in [0.29, 0.717) is 11.4 Å². The maximum absolute atomic E-state index is 11.8. The van der Waals surface area contributed by atoms with Crippen LogP contribution in [0.1, 0.15) is 22.8 Å². The van der Waals surface area contributed by atoms with Crippen molar-refractivity contribution in [1.82, 2.24) is 19.1 Å². The number of anilines is 2. The molecular weight excluding hydrogens is 552 g/mol. The second-order valence-corrected chi connectivity index (χ2v) is 10.2. The molecule has 214 valence electrons. The van der Waals surface area contributed by atoms with Crippen LogP contribution in [0.25, 0.3) is 57.7 Å². The Morgan fingerprint density at radius 3 is 1.14 bits per heavy atom. The van der Waals surface area contributed by atoms with Crippen LogP contribution >= 0.6 is 0 Å². The average Bonchev–Trinajstić information content (AvgIpc) is 3.79. The highest BCUT2D eigenvalue weighted by molar-refractivity contribution is 5.92. The molecule has 2 aromatic carbocycles. The Hall–Kier alpha value is -6.42. The van der Waals surface area contributed by atoms with Crippen LogP contribution < -0.4 is 22.1 Å². The Balaban J connectivity index is 1.53. The van der Waals surface area contributed by atoms with Gasteiger partial charge >= 0.3 is 12.1 Å². The zero-order valence-electron chi connectivity index (χ0n) is 23.3. The van der Waals surface area contributed by atoms with Crippen LogP contribution in [0.4, 0.5) is 21.0 Å². The van der Waals surface area contributed by atoms with E-state index in [-0.39, 0.29) is 0 Å². The molecule has 0 fully saturated rings. The molecule has 6 N–H and O–H groups in total. The Kier molecular flexibility index (Phi) is 6.48. The number of rotatable bonds is 4. The first-order chi connectivity index (χ1) is 21.4. The van der Waals surface area contributed by atoms with Gasteiger partial charge in [0.15, 0.2) is 0 Å². The largest absolute Gasteiger partial charge is 0.351 e. The Morgan fingerprint density at radius 2 is 0.818 bits per heavy atom. The standard InChI is InChI=1S/C34H26N8O2/c35-33(43)39-29-5-1-3-7-31(29)41-25-13-14-26(41)18-22-10-12-24(38-22)20-28-16-15-27(19-23-11-9-21(17-25)37-23)42(28)32-8-4-2-6-30(32)40-34(36)44/h1-20H,(H3,35,39,43)(H3,36,40,44). The van der Waals surface area contributed by atoms with Crippen molar-refractivity contribution in [1.29, 1.82) is 0 Å². The quantitative estimate of drug-likeness (QED) is 0.187. The van der Waals surface area contributed by atoms with Crippen LogP contribution in [-0.4, -0.2) is 31.2 Å². The van der Waals surface area contributed by atoms with Crippen molar-refractivity contribution >= 4 is 69.8 Å². The van der Waals surface area contributed by atoms with Crippen molar-refractivity contribution in [2.24, 2.45) is 11.5 Å². The molecule has 8 bridgehead atoms. The summed E-state index contributed by atoms with van der Waals surface area (Å²) in [5.74, 6) is 0. The van der Waals surface area contributed by atoms with Crippen molar-refractivity contribution in [2.75, 3.05) is 10.6 Å². The molecule has 0 radical (unpaired) electrons. The summed E-state index contributed by atoms with van der Waals surface area (Å²) >= 11 is 0. The number of urea groups is 2. The molecule has 10 nitrogen and oxygen atoms in total. The summed E-state index contributed by atoms with van der Waals surface area (Å²) in [6.07, 6.45) is 7.80. The fraction of sp³-hybridized carbons (Fsp3) is 0. The van der Waals surface area contributed by atoms with E-state index in [2.05, 4.69) is 10.6 Å². The van der Waals surface area contributed by atoms with E-state index in [1.165, 1.54) is 0 Å². The molecule has 5 aromatic rings. The fourth-order valence-electron chi connectivity index (χ4n) is 5.48. The van der Waals surface area contributed by atoms with E-state index < -0.39 is 12.1 Å². The van der Waals surface area contributed by atoms with Gasteiger partial charge in [-0.1, -0.05) is 24.3 Å². The fourth-order valence-corrected chi connectivity index (χ4v) is 5.48. The van der Waals surface area contributed by atoms with Crippen molar-refractivity contribution in [3.8, 4) is 11.4 Å². The third-order valence-electron chi connectivity index (χ3n) is 7.24. The summed E-state index contributed by atoms with van der Waals surface area (Å²) in [7, 11) is 0. The number of para-hydroxylation sites is 4. The van der Waals surface area contributed by atoms with E-state index >= 15 is 0 Å². The molecule has 0 spiro atoms. The van der Waals surface area contributed by atoms with Crippen molar-refractivity contribution in [2.45, 2.75) is 0 Å². The van der Waals surface area contributed by atoms with Crippen LogP contribution in [0.2, 0.25) is 0 Å². The molecular formula is C34H26N8O2. The van der Waals surface area contributed by atoms with Gasteiger partial charge < -0.3 is 31.2 Å². The number of nitrogens with one attached hydrogen (secondary N) is 2. The molecule has 0 unspecified atom stereocenters. The van der Waals surface area contributed by atoms with Gasteiger partial charge in [-0.15, -0.1) is 0 Å². The highest BCUT2D eigenvalue weighted by atomic mass is 16.2. The maximum atomic E-state index is 11.8. The number of primary amides is 2. The second kappa shape index (κ2) is 10.8. The molecule has 44 heavy (non-hydrogen) atoms. The number of nitrogens with two attached hydrogens (primary N) is 2. The SMILES string of the molecule is NC(=O)Nc1ccccc1-n1c2ccc1cc1nc(cc3ccc(cc4nc(c2)C=C4)n3-c2ccccc2NC(N)=O)C=C1. The van der Waals surface area contributed by atoms with Crippen molar-refractivity contribution in [3.63, 3.8) is 0 Å². The lowest BCUT2D eigenvalue weighted by Crippen LogP contribution is -2.20. The lowest BCUT2D eigenvalue weighted by Gasteiger charge is -2.13. The van der Waals surface area contributed by atoms with E-state index in [9.17, 15) is 9.59 Å². The molecule has 3 aromatic heterocycles. The van der Waals surface area contributed by atoms with Crippen molar-refractivity contribution in [3.05, 3.63) is 120 Å². The molecule has 4 amide bonds. The number of amides is 4.